The molecule has 2 amide bonds. The normalized spacial score (nSPS) is 14.2. The molecule has 4 nitrogen and oxygen atoms in total. The van der Waals surface area contributed by atoms with Crippen molar-refractivity contribution >= 4 is 65.0 Å². The Hall–Kier alpha value is -3.48. The van der Waals surface area contributed by atoms with E-state index in [1.807, 2.05) is 72.8 Å². The van der Waals surface area contributed by atoms with E-state index in [1.165, 1.54) is 0 Å². The number of hydrogen-bond donors (Lipinski definition) is 1. The molecule has 0 aliphatic carbocycles. The summed E-state index contributed by atoms with van der Waals surface area (Å²) in [4.78, 5) is 39.7. The number of halogens is 2. The number of nitrogens with zero attached hydrogens (tertiary/aromatic N) is 1. The lowest BCUT2D eigenvalue weighted by Crippen LogP contribution is -2.65. The van der Waals surface area contributed by atoms with Gasteiger partial charge in [0.25, 0.3) is 20.1 Å². The van der Waals surface area contributed by atoms with E-state index in [0.29, 0.717) is 16.3 Å². The molecule has 0 fully saturated rings. The van der Waals surface area contributed by atoms with Crippen LogP contribution in [0.3, 0.4) is 0 Å². The second-order valence-electron chi connectivity index (χ2n) is 11.0. The average molecular weight is 601 g/mol. The predicted octanol–water partition coefficient (Wildman–Crippen LogP) is 6.72. The van der Waals surface area contributed by atoms with Crippen LogP contribution in [-0.2, 0) is 16.0 Å². The molecule has 1 aliphatic rings. The molecule has 0 saturated heterocycles. The number of hydrogen-bond acceptors (Lipinski definition) is 3. The molecule has 4 aromatic rings. The van der Waals surface area contributed by atoms with Crippen molar-refractivity contribution in [2.24, 2.45) is 0 Å². The lowest BCUT2D eigenvalue weighted by Gasteiger charge is -2.41. The van der Waals surface area contributed by atoms with Crippen molar-refractivity contribution < 1.29 is 14.4 Å². The van der Waals surface area contributed by atoms with Gasteiger partial charge >= 0.3 is 0 Å². The molecule has 0 atom stereocenters. The van der Waals surface area contributed by atoms with E-state index in [4.69, 9.17) is 23.2 Å². The Bertz CT molecular complexity index is 1560. The summed E-state index contributed by atoms with van der Waals surface area (Å²) in [6, 6.07) is 34.3. The second-order valence-corrected chi connectivity index (χ2v) is 15.7. The molecule has 1 N–H and O–H groups in total. The van der Waals surface area contributed by atoms with Crippen LogP contribution in [0.15, 0.2) is 114 Å². The number of amides is 2. The number of benzene rings is 4. The van der Waals surface area contributed by atoms with Crippen molar-refractivity contribution in [3.8, 4) is 0 Å². The highest BCUT2D eigenvalue weighted by Gasteiger charge is 2.49. The van der Waals surface area contributed by atoms with Gasteiger partial charge in [0.15, 0.2) is 0 Å². The molecular weight excluding hydrogens is 569 g/mol. The minimum Gasteiger partial charge on any atom is -0.424 e. The van der Waals surface area contributed by atoms with Crippen LogP contribution in [0.5, 0.6) is 0 Å². The zero-order valence-corrected chi connectivity index (χ0v) is 25.5. The average Bonchev–Trinajstić information content (AvgIpc) is 3.20. The first-order valence-corrected chi connectivity index (χ1v) is 16.3. The van der Waals surface area contributed by atoms with E-state index in [9.17, 15) is 14.4 Å². The van der Waals surface area contributed by atoms with E-state index in [1.54, 1.807) is 36.4 Å². The summed E-state index contributed by atoms with van der Waals surface area (Å²) in [6.07, 6.45) is 2.49. The van der Waals surface area contributed by atoms with Crippen molar-refractivity contribution in [3.05, 3.63) is 130 Å². The van der Waals surface area contributed by atoms with Crippen LogP contribution in [-0.4, -0.2) is 24.9 Å². The fourth-order valence-electron chi connectivity index (χ4n) is 5.67. The Balaban J connectivity index is 1.29. The van der Waals surface area contributed by atoms with Gasteiger partial charge in [-0.2, -0.15) is 0 Å². The maximum absolute atomic E-state index is 13.2. The molecule has 5 rings (SSSR count). The first kappa shape index (κ1) is 29.0. The zero-order chi connectivity index (χ0) is 29.2. The topological polar surface area (TPSA) is 57.6 Å². The van der Waals surface area contributed by atoms with Crippen LogP contribution in [0.4, 0.5) is 5.69 Å². The first-order valence-electron chi connectivity index (χ1n) is 13.6. The van der Waals surface area contributed by atoms with Gasteiger partial charge in [0.05, 0.1) is 11.3 Å². The monoisotopic (exact) mass is 599 g/mol. The zero-order valence-electron chi connectivity index (χ0n) is 23.0. The molecule has 208 valence electrons. The standard InChI is InChI=1S/C34H31Cl2NO3Si/c1-34(2,41(40,28-14-5-3-6-15-28)29-16-7-4-8-17-29)22-10-11-24-18-20-27(21-19-24)37-32(38)30(31(36)33(37)39)25-12-9-13-26(35)23-25/h3-9,12-21,23,40H,10-11,22H2,1-2H3. The van der Waals surface area contributed by atoms with Gasteiger partial charge in [-0.3, -0.25) is 9.59 Å². The Morgan fingerprint density at radius 1 is 0.756 bits per heavy atom. The molecule has 4 aromatic carbocycles. The Kier molecular flexibility index (Phi) is 8.34. The third-order valence-electron chi connectivity index (χ3n) is 7.96. The molecule has 0 bridgehead atoms. The van der Waals surface area contributed by atoms with Gasteiger partial charge in [0.1, 0.15) is 5.03 Å². The van der Waals surface area contributed by atoms with Crippen LogP contribution >= 0.6 is 23.2 Å². The minimum atomic E-state index is -3.06. The highest BCUT2D eigenvalue weighted by molar-refractivity contribution is 6.98. The lowest BCUT2D eigenvalue weighted by atomic mass is 10.0. The first-order chi connectivity index (χ1) is 19.6. The van der Waals surface area contributed by atoms with Crippen LogP contribution in [0.25, 0.3) is 5.57 Å². The summed E-state index contributed by atoms with van der Waals surface area (Å²) in [5.41, 5.74) is 2.22. The molecule has 0 saturated carbocycles. The maximum atomic E-state index is 13.2. The highest BCUT2D eigenvalue weighted by Crippen LogP contribution is 2.40. The molecule has 41 heavy (non-hydrogen) atoms. The van der Waals surface area contributed by atoms with E-state index < -0.39 is 20.1 Å². The maximum Gasteiger partial charge on any atom is 0.277 e. The number of imide groups is 1. The van der Waals surface area contributed by atoms with Crippen LogP contribution < -0.4 is 15.3 Å². The molecule has 0 radical (unpaired) electrons. The van der Waals surface area contributed by atoms with Crippen molar-refractivity contribution in [2.75, 3.05) is 4.90 Å². The SMILES string of the molecule is CC(C)(CCCc1ccc(N2C(=O)C(Cl)=C(c3cccc(Cl)c3)C2=O)cc1)[Si](O)(c1ccccc1)c1ccccc1. The quantitative estimate of drug-likeness (QED) is 0.172. The number of rotatable bonds is 9. The van der Waals surface area contributed by atoms with Gasteiger partial charge in [0, 0.05) is 5.02 Å². The summed E-state index contributed by atoms with van der Waals surface area (Å²) in [5.74, 6) is -1.02. The van der Waals surface area contributed by atoms with Gasteiger partial charge in [0.2, 0.25) is 0 Å². The summed E-state index contributed by atoms with van der Waals surface area (Å²) in [7, 11) is -3.06. The van der Waals surface area contributed by atoms with E-state index in [2.05, 4.69) is 13.8 Å². The van der Waals surface area contributed by atoms with Gasteiger partial charge < -0.3 is 4.80 Å². The summed E-state index contributed by atoms with van der Waals surface area (Å²) in [6.45, 7) is 4.34. The molecule has 1 aliphatic heterocycles. The molecular formula is C34H31Cl2NO3Si. The Labute approximate surface area is 252 Å². The van der Waals surface area contributed by atoms with Gasteiger partial charge in [-0.15, -0.1) is 0 Å². The van der Waals surface area contributed by atoms with Gasteiger partial charge in [-0.25, -0.2) is 4.90 Å². The second kappa shape index (κ2) is 11.8. The fraction of sp³-hybridized carbons (Fsp3) is 0.176. The van der Waals surface area contributed by atoms with Gasteiger partial charge in [-0.05, 0) is 70.1 Å². The van der Waals surface area contributed by atoms with E-state index in [-0.39, 0.29) is 15.6 Å². The lowest BCUT2D eigenvalue weighted by molar-refractivity contribution is -0.119. The van der Waals surface area contributed by atoms with Crippen LogP contribution in [0.2, 0.25) is 10.1 Å². The summed E-state index contributed by atoms with van der Waals surface area (Å²) in [5, 5.41) is 2.02. The van der Waals surface area contributed by atoms with Gasteiger partial charge in [-0.1, -0.05) is 122 Å². The Morgan fingerprint density at radius 2 is 1.34 bits per heavy atom. The largest absolute Gasteiger partial charge is 0.424 e. The van der Waals surface area contributed by atoms with E-state index in [0.717, 1.165) is 40.1 Å². The smallest absolute Gasteiger partial charge is 0.277 e. The van der Waals surface area contributed by atoms with Crippen LogP contribution in [0, 0.1) is 0 Å². The third kappa shape index (κ3) is 5.55. The third-order valence-corrected chi connectivity index (χ3v) is 13.1. The van der Waals surface area contributed by atoms with Crippen molar-refractivity contribution in [1.82, 2.24) is 0 Å². The summed E-state index contributed by atoms with van der Waals surface area (Å²) >= 11 is 12.4. The number of anilines is 1. The van der Waals surface area contributed by atoms with Crippen LogP contribution in [0.1, 0.15) is 37.8 Å². The molecule has 0 spiro atoms. The van der Waals surface area contributed by atoms with Crippen molar-refractivity contribution in [2.45, 2.75) is 38.1 Å². The minimum absolute atomic E-state index is 0.114. The van der Waals surface area contributed by atoms with Crippen molar-refractivity contribution in [1.29, 1.82) is 0 Å². The molecule has 0 unspecified atom stereocenters. The number of carbonyl (C=O) groups is 2. The Morgan fingerprint density at radius 3 is 1.90 bits per heavy atom. The van der Waals surface area contributed by atoms with Crippen molar-refractivity contribution in [3.63, 3.8) is 0 Å². The predicted molar refractivity (Wildman–Crippen MR) is 170 cm³/mol. The number of carbonyl (C=O) groups excluding carboxylic acids is 2. The molecule has 0 aromatic heterocycles. The highest BCUT2D eigenvalue weighted by atomic mass is 35.5. The number of aryl methyl sites for hydroxylation is 1. The van der Waals surface area contributed by atoms with E-state index >= 15 is 0 Å². The fourth-order valence-corrected chi connectivity index (χ4v) is 9.91. The molecule has 1 heterocycles. The molecule has 7 heteroatoms. The summed E-state index contributed by atoms with van der Waals surface area (Å²) < 4.78 is 0.